The molecule has 0 spiro atoms. The summed E-state index contributed by atoms with van der Waals surface area (Å²) in [5, 5.41) is 23.1. The van der Waals surface area contributed by atoms with E-state index < -0.39 is 37.8 Å². The molecule has 0 aliphatic carbocycles. The maximum absolute atomic E-state index is 13.6. The quantitative estimate of drug-likeness (QED) is 0.0268. The van der Waals surface area contributed by atoms with E-state index in [0.29, 0.717) is 59.6 Å². The summed E-state index contributed by atoms with van der Waals surface area (Å²) in [5.74, 6) is -0.318. The molecule has 1 amide bonds. The Hall–Kier alpha value is -5.96. The van der Waals surface area contributed by atoms with E-state index in [2.05, 4.69) is 30.3 Å². The monoisotopic (exact) mass is 957 g/mol. The SMILES string of the molecule is CN(C)CC[C@H](CSc1ccccc1)Nc1ccc(S(=O)(=O)Nc2ccc(N3CCN(c4cccc(-c5c(C(=O)NCS(=O)O)cnn5-c5ccc(Cl)cc5)c4)CC3)cc2)cc1[N+](=O)[O-]. The Morgan fingerprint density at radius 3 is 2.25 bits per heavy atom. The highest BCUT2D eigenvalue weighted by Crippen LogP contribution is 2.33. The van der Waals surface area contributed by atoms with Crippen molar-refractivity contribution in [2.75, 3.05) is 78.3 Å². The molecular weight excluding hydrogens is 910 g/mol. The van der Waals surface area contributed by atoms with Crippen molar-refractivity contribution < 1.29 is 26.9 Å². The number of nitrogens with zero attached hydrogens (tertiary/aromatic N) is 6. The van der Waals surface area contributed by atoms with Crippen LogP contribution in [0.3, 0.4) is 0 Å². The first-order valence-electron chi connectivity index (χ1n) is 20.5. The van der Waals surface area contributed by atoms with Crippen LogP contribution >= 0.6 is 23.4 Å². The summed E-state index contributed by atoms with van der Waals surface area (Å²) in [6.45, 7) is 3.41. The number of piperazine rings is 1. The molecule has 16 nitrogen and oxygen atoms in total. The van der Waals surface area contributed by atoms with Crippen LogP contribution < -0.4 is 25.2 Å². The van der Waals surface area contributed by atoms with E-state index in [9.17, 15) is 32.1 Å². The third kappa shape index (κ3) is 12.2. The number of thioether (sulfide) groups is 1. The third-order valence-electron chi connectivity index (χ3n) is 10.6. The van der Waals surface area contributed by atoms with Gasteiger partial charge in [-0.05, 0) is 112 Å². The molecular formula is C45H48ClN9O7S3. The van der Waals surface area contributed by atoms with E-state index in [1.54, 1.807) is 52.8 Å². The lowest BCUT2D eigenvalue weighted by Crippen LogP contribution is -2.46. The Bertz CT molecular complexity index is 2740. The van der Waals surface area contributed by atoms with Crippen LogP contribution in [0.25, 0.3) is 16.9 Å². The number of carbonyl (C=O) groups is 1. The van der Waals surface area contributed by atoms with Crippen molar-refractivity contribution >= 4 is 78.8 Å². The molecule has 1 fully saturated rings. The van der Waals surface area contributed by atoms with Crippen molar-refractivity contribution in [1.82, 2.24) is 20.0 Å². The summed E-state index contributed by atoms with van der Waals surface area (Å²) < 4.78 is 52.0. The zero-order valence-corrected chi connectivity index (χ0v) is 38.7. The highest BCUT2D eigenvalue weighted by atomic mass is 35.5. The Labute approximate surface area is 389 Å². The Kier molecular flexibility index (Phi) is 15.4. The summed E-state index contributed by atoms with van der Waals surface area (Å²) in [6.07, 6.45) is 2.15. The number of aromatic nitrogens is 2. The molecule has 1 aromatic heterocycles. The number of nitrogens with one attached hydrogen (secondary N) is 3. The second kappa shape index (κ2) is 21.4. The van der Waals surface area contributed by atoms with E-state index in [0.717, 1.165) is 35.3 Å². The molecule has 5 aromatic carbocycles. The molecule has 1 unspecified atom stereocenters. The first-order chi connectivity index (χ1) is 31.2. The second-order valence-electron chi connectivity index (χ2n) is 15.4. The minimum atomic E-state index is -4.18. The van der Waals surface area contributed by atoms with Crippen LogP contribution in [0.1, 0.15) is 16.8 Å². The normalized spacial score (nSPS) is 13.9. The van der Waals surface area contributed by atoms with E-state index in [1.165, 1.54) is 18.3 Å². The third-order valence-corrected chi connectivity index (χ3v) is 13.8. The standard InChI is InChI=1S/C45H48ClN9O7S3/c1-51(2)22-21-35(30-63-39-9-4-3-5-10-39)49-42-20-19-40(28-43(42)55(57)58)65(61,62)50-34-13-17-36(18-14-34)52-23-25-53(26-24-52)38-8-6-7-32(27-38)44-41(45(56)47-31-64(59)60)29-48-54(44)37-15-11-33(46)12-16-37/h3-20,27-29,35,49-50H,21-26,30-31H2,1-2H3,(H,47,56)(H,59,60)/t35-/m1/s1. The topological polar surface area (TPSA) is 195 Å². The largest absolute Gasteiger partial charge is 0.376 e. The van der Waals surface area contributed by atoms with Gasteiger partial charge in [-0.25, -0.2) is 17.3 Å². The second-order valence-corrected chi connectivity index (χ2v) is 19.6. The van der Waals surface area contributed by atoms with Gasteiger partial charge in [0.2, 0.25) is 0 Å². The Morgan fingerprint density at radius 1 is 0.908 bits per heavy atom. The van der Waals surface area contributed by atoms with Crippen LogP contribution in [0.5, 0.6) is 0 Å². The molecule has 2 heterocycles. The highest BCUT2D eigenvalue weighted by molar-refractivity contribution is 7.99. The molecule has 1 saturated heterocycles. The van der Waals surface area contributed by atoms with Gasteiger partial charge in [-0.1, -0.05) is 41.9 Å². The first kappa shape index (κ1) is 47.0. The summed E-state index contributed by atoms with van der Waals surface area (Å²) in [5.41, 5.74) is 4.18. The van der Waals surface area contributed by atoms with Gasteiger partial charge >= 0.3 is 0 Å². The van der Waals surface area contributed by atoms with Crippen molar-refractivity contribution in [3.8, 4) is 16.9 Å². The lowest BCUT2D eigenvalue weighted by Gasteiger charge is -2.37. The summed E-state index contributed by atoms with van der Waals surface area (Å²) in [4.78, 5) is 32.2. The van der Waals surface area contributed by atoms with Gasteiger partial charge in [-0.3, -0.25) is 19.6 Å². The maximum Gasteiger partial charge on any atom is 0.293 e. The van der Waals surface area contributed by atoms with Crippen LogP contribution in [-0.2, 0) is 21.1 Å². The molecule has 340 valence electrons. The molecule has 1 aliphatic rings. The van der Waals surface area contributed by atoms with E-state index in [4.69, 9.17) is 11.6 Å². The van der Waals surface area contributed by atoms with Crippen LogP contribution in [0.4, 0.5) is 28.4 Å². The zero-order chi connectivity index (χ0) is 46.1. The smallest absolute Gasteiger partial charge is 0.293 e. The molecule has 1 aliphatic heterocycles. The van der Waals surface area contributed by atoms with E-state index >= 15 is 0 Å². The molecule has 0 radical (unpaired) electrons. The van der Waals surface area contributed by atoms with Gasteiger partial charge in [0.25, 0.3) is 21.6 Å². The van der Waals surface area contributed by atoms with Gasteiger partial charge < -0.3 is 29.9 Å². The Morgan fingerprint density at radius 2 is 1.58 bits per heavy atom. The number of nitro groups is 1. The zero-order valence-electron chi connectivity index (χ0n) is 35.5. The highest BCUT2D eigenvalue weighted by Gasteiger charge is 2.26. The molecule has 65 heavy (non-hydrogen) atoms. The lowest BCUT2D eigenvalue weighted by molar-refractivity contribution is -0.384. The molecule has 2 atom stereocenters. The number of amides is 1. The molecule has 7 rings (SSSR count). The lowest BCUT2D eigenvalue weighted by atomic mass is 10.1. The van der Waals surface area contributed by atoms with Gasteiger partial charge in [0.15, 0.2) is 11.1 Å². The minimum absolute atomic E-state index is 0.123. The summed E-state index contributed by atoms with van der Waals surface area (Å²) in [6, 6.07) is 35.5. The fourth-order valence-electron chi connectivity index (χ4n) is 7.32. The predicted octanol–water partition coefficient (Wildman–Crippen LogP) is 7.66. The number of benzene rings is 5. The van der Waals surface area contributed by atoms with Crippen LogP contribution in [0.2, 0.25) is 5.02 Å². The Balaban J connectivity index is 1.00. The number of rotatable bonds is 19. The van der Waals surface area contributed by atoms with Gasteiger partial charge in [0.05, 0.1) is 33.0 Å². The molecule has 20 heteroatoms. The first-order valence-corrected chi connectivity index (χ1v) is 24.7. The fourth-order valence-corrected chi connectivity index (χ4v) is 9.77. The summed E-state index contributed by atoms with van der Waals surface area (Å²) >= 11 is 5.57. The van der Waals surface area contributed by atoms with Gasteiger partial charge in [0.1, 0.15) is 11.6 Å². The van der Waals surface area contributed by atoms with E-state index in [-0.39, 0.29) is 27.9 Å². The van der Waals surface area contributed by atoms with Crippen molar-refractivity contribution in [3.05, 3.63) is 148 Å². The average Bonchev–Trinajstić information content (AvgIpc) is 3.75. The molecule has 4 N–H and O–H groups in total. The number of hydrogen-bond donors (Lipinski definition) is 4. The van der Waals surface area contributed by atoms with Crippen molar-refractivity contribution in [3.63, 3.8) is 0 Å². The number of anilines is 4. The number of sulfonamides is 1. The number of halogens is 1. The minimum Gasteiger partial charge on any atom is -0.376 e. The van der Waals surface area contributed by atoms with Crippen LogP contribution in [-0.4, -0.2) is 107 Å². The maximum atomic E-state index is 13.6. The van der Waals surface area contributed by atoms with Crippen molar-refractivity contribution in [2.24, 2.45) is 0 Å². The van der Waals surface area contributed by atoms with Crippen molar-refractivity contribution in [1.29, 1.82) is 0 Å². The van der Waals surface area contributed by atoms with Gasteiger partial charge in [0, 0.05) is 76.6 Å². The van der Waals surface area contributed by atoms with E-state index in [1.807, 2.05) is 85.7 Å². The number of hydrogen-bond acceptors (Lipinski definition) is 12. The van der Waals surface area contributed by atoms with Crippen LogP contribution in [0.15, 0.2) is 137 Å². The molecule has 0 bridgehead atoms. The summed E-state index contributed by atoms with van der Waals surface area (Å²) in [7, 11) is -0.247. The predicted molar refractivity (Wildman–Crippen MR) is 260 cm³/mol. The van der Waals surface area contributed by atoms with Gasteiger partial charge in [-0.15, -0.1) is 11.8 Å². The fraction of sp³-hybridized carbons (Fsp3) is 0.244. The molecule has 0 saturated carbocycles. The van der Waals surface area contributed by atoms with Gasteiger partial charge in [-0.2, -0.15) is 5.10 Å². The molecule has 6 aromatic rings. The number of nitro benzene ring substituents is 1. The average molecular weight is 959 g/mol. The number of carbonyl (C=O) groups excluding carboxylic acids is 1. The van der Waals surface area contributed by atoms with Crippen LogP contribution in [0, 0.1) is 10.1 Å². The van der Waals surface area contributed by atoms with Crippen molar-refractivity contribution in [2.45, 2.75) is 22.3 Å².